The molecule has 0 saturated heterocycles. The van der Waals surface area contributed by atoms with E-state index in [1.54, 1.807) is 41.5 Å². The quantitative estimate of drug-likeness (QED) is 0.309. The molecule has 0 radical (unpaired) electrons. The molecule has 0 fully saturated rings. The van der Waals surface area contributed by atoms with Crippen LogP contribution in [0.15, 0.2) is 4.99 Å². The number of unbranched alkanes of at least 4 members (excludes halogenated alkanes) is 1. The smallest absolute Gasteiger partial charge is 0.414 e. The Kier molecular flexibility index (Phi) is 11.7. The SMILES string of the molecule is CC(=O)CCC(=O)NCCCCN=C(NC(=O)OC(C)(C)C)NC(=O)OC(C)(C)C. The van der Waals surface area contributed by atoms with E-state index in [-0.39, 0.29) is 30.5 Å². The second-order valence-electron chi connectivity index (χ2n) is 8.74. The first-order valence-electron chi connectivity index (χ1n) is 9.98. The molecule has 0 saturated carbocycles. The van der Waals surface area contributed by atoms with Crippen molar-refractivity contribution in [2.45, 2.75) is 85.4 Å². The fourth-order valence-corrected chi connectivity index (χ4v) is 1.94. The summed E-state index contributed by atoms with van der Waals surface area (Å²) in [6.45, 7) is 12.5. The van der Waals surface area contributed by atoms with E-state index in [0.29, 0.717) is 25.9 Å². The minimum absolute atomic E-state index is 0.0259. The van der Waals surface area contributed by atoms with E-state index >= 15 is 0 Å². The molecule has 3 amide bonds. The molecule has 0 unspecified atom stereocenters. The van der Waals surface area contributed by atoms with Gasteiger partial charge in [-0.3, -0.25) is 20.4 Å². The molecule has 172 valence electrons. The third-order valence-corrected chi connectivity index (χ3v) is 3.12. The highest BCUT2D eigenvalue weighted by Gasteiger charge is 2.21. The van der Waals surface area contributed by atoms with Crippen LogP contribution >= 0.6 is 0 Å². The molecule has 0 aliphatic rings. The van der Waals surface area contributed by atoms with Gasteiger partial charge >= 0.3 is 12.2 Å². The maximum atomic E-state index is 12.0. The molecular formula is C20H36N4O6. The lowest BCUT2D eigenvalue weighted by Crippen LogP contribution is -2.47. The van der Waals surface area contributed by atoms with Crippen molar-refractivity contribution < 1.29 is 28.7 Å². The van der Waals surface area contributed by atoms with E-state index in [4.69, 9.17) is 9.47 Å². The zero-order valence-electron chi connectivity index (χ0n) is 19.1. The van der Waals surface area contributed by atoms with E-state index in [9.17, 15) is 19.2 Å². The summed E-state index contributed by atoms with van der Waals surface area (Å²) in [5, 5.41) is 7.53. The van der Waals surface area contributed by atoms with Gasteiger partial charge in [0.05, 0.1) is 0 Å². The van der Waals surface area contributed by atoms with E-state index in [1.165, 1.54) is 6.92 Å². The highest BCUT2D eigenvalue weighted by molar-refractivity contribution is 6.01. The molecule has 0 heterocycles. The van der Waals surface area contributed by atoms with Crippen LogP contribution in [0.4, 0.5) is 9.59 Å². The van der Waals surface area contributed by atoms with Crippen LogP contribution in [0.3, 0.4) is 0 Å². The average Bonchev–Trinajstić information content (AvgIpc) is 2.52. The Morgan fingerprint density at radius 3 is 1.73 bits per heavy atom. The van der Waals surface area contributed by atoms with Crippen molar-refractivity contribution in [3.8, 4) is 0 Å². The zero-order valence-corrected chi connectivity index (χ0v) is 19.1. The lowest BCUT2D eigenvalue weighted by Gasteiger charge is -2.22. The Bertz CT molecular complexity index is 600. The molecule has 0 aliphatic heterocycles. The van der Waals surface area contributed by atoms with Gasteiger partial charge < -0.3 is 19.6 Å². The maximum absolute atomic E-state index is 12.0. The van der Waals surface area contributed by atoms with Crippen LogP contribution in [-0.4, -0.2) is 54.1 Å². The summed E-state index contributed by atoms with van der Waals surface area (Å²) in [5.41, 5.74) is -1.41. The first-order chi connectivity index (χ1) is 13.7. The van der Waals surface area contributed by atoms with Gasteiger partial charge in [-0.1, -0.05) is 0 Å². The number of ketones is 1. The normalized spacial score (nSPS) is 11.2. The van der Waals surface area contributed by atoms with Crippen molar-refractivity contribution in [3.05, 3.63) is 0 Å². The van der Waals surface area contributed by atoms with Gasteiger partial charge in [-0.2, -0.15) is 0 Å². The highest BCUT2D eigenvalue weighted by atomic mass is 16.6. The average molecular weight is 429 g/mol. The summed E-state index contributed by atoms with van der Waals surface area (Å²) in [5.74, 6) is -0.279. The monoisotopic (exact) mass is 428 g/mol. The minimum Gasteiger partial charge on any atom is -0.444 e. The van der Waals surface area contributed by atoms with Crippen molar-refractivity contribution in [2.75, 3.05) is 13.1 Å². The summed E-state index contributed by atoms with van der Waals surface area (Å²) < 4.78 is 10.3. The molecule has 30 heavy (non-hydrogen) atoms. The molecule has 10 nitrogen and oxygen atoms in total. The van der Waals surface area contributed by atoms with E-state index < -0.39 is 23.4 Å². The van der Waals surface area contributed by atoms with E-state index in [0.717, 1.165) is 0 Å². The Morgan fingerprint density at radius 1 is 0.800 bits per heavy atom. The second-order valence-corrected chi connectivity index (χ2v) is 8.74. The topological polar surface area (TPSA) is 135 Å². The van der Waals surface area contributed by atoms with Gasteiger partial charge in [0.2, 0.25) is 11.9 Å². The van der Waals surface area contributed by atoms with E-state index in [1.807, 2.05) is 0 Å². The number of alkyl carbamates (subject to hydrolysis) is 2. The first-order valence-corrected chi connectivity index (χ1v) is 9.98. The Balaban J connectivity index is 4.61. The molecule has 0 aromatic rings. The maximum Gasteiger partial charge on any atom is 0.414 e. The number of nitrogens with zero attached hydrogens (tertiary/aromatic N) is 1. The number of guanidine groups is 1. The number of carbonyl (C=O) groups excluding carboxylic acids is 4. The second kappa shape index (κ2) is 12.8. The number of hydrogen-bond acceptors (Lipinski definition) is 7. The molecule has 10 heteroatoms. The summed E-state index contributed by atoms with van der Waals surface area (Å²) in [6.07, 6.45) is 0.137. The number of nitrogens with one attached hydrogen (secondary N) is 3. The van der Waals surface area contributed by atoms with Gasteiger partial charge in [0, 0.05) is 25.9 Å². The van der Waals surface area contributed by atoms with Crippen LogP contribution in [0.5, 0.6) is 0 Å². The number of amides is 3. The molecule has 0 aromatic heterocycles. The van der Waals surface area contributed by atoms with Crippen LogP contribution in [0.2, 0.25) is 0 Å². The summed E-state index contributed by atoms with van der Waals surface area (Å²) in [6, 6.07) is 0. The molecule has 0 aliphatic carbocycles. The number of carbonyl (C=O) groups is 4. The fourth-order valence-electron chi connectivity index (χ4n) is 1.94. The first kappa shape index (κ1) is 27.4. The third kappa shape index (κ3) is 17.4. The Morgan fingerprint density at radius 2 is 1.30 bits per heavy atom. The van der Waals surface area contributed by atoms with Crippen molar-refractivity contribution in [1.29, 1.82) is 0 Å². The summed E-state index contributed by atoms with van der Waals surface area (Å²) in [7, 11) is 0. The largest absolute Gasteiger partial charge is 0.444 e. The lowest BCUT2D eigenvalue weighted by molar-refractivity contribution is -0.124. The molecule has 0 aromatic carbocycles. The lowest BCUT2D eigenvalue weighted by atomic mass is 10.2. The fraction of sp³-hybridized carbons (Fsp3) is 0.750. The van der Waals surface area contributed by atoms with Crippen LogP contribution in [0, 0.1) is 0 Å². The predicted octanol–water partition coefficient (Wildman–Crippen LogP) is 2.66. The number of Topliss-reactive ketones (excluding diaryl/α,β-unsaturated/α-hetero) is 1. The number of ether oxygens (including phenoxy) is 2. The molecule has 0 atom stereocenters. The van der Waals surface area contributed by atoms with Crippen LogP contribution in [0.1, 0.15) is 74.1 Å². The van der Waals surface area contributed by atoms with Gasteiger partial charge in [0.15, 0.2) is 0 Å². The Labute approximate surface area is 178 Å². The standard InChI is InChI=1S/C20H36N4O6/c1-14(25)10-11-15(26)21-12-8-9-13-22-16(23-17(27)29-19(2,3)4)24-18(28)30-20(5,6)7/h8-13H2,1-7H3,(H,21,26)(H2,22,23,24,27,28). The Hall–Kier alpha value is -2.65. The number of rotatable bonds is 8. The third-order valence-electron chi connectivity index (χ3n) is 3.12. The van der Waals surface area contributed by atoms with Gasteiger partial charge in [-0.05, 0) is 61.3 Å². The molecule has 0 spiro atoms. The van der Waals surface area contributed by atoms with Crippen molar-refractivity contribution in [1.82, 2.24) is 16.0 Å². The van der Waals surface area contributed by atoms with Gasteiger partial charge in [0.1, 0.15) is 17.0 Å². The minimum atomic E-state index is -0.755. The molecule has 3 N–H and O–H groups in total. The highest BCUT2D eigenvalue weighted by Crippen LogP contribution is 2.07. The molecular weight excluding hydrogens is 392 g/mol. The van der Waals surface area contributed by atoms with Crippen molar-refractivity contribution in [3.63, 3.8) is 0 Å². The van der Waals surface area contributed by atoms with Crippen LogP contribution < -0.4 is 16.0 Å². The predicted molar refractivity (Wildman–Crippen MR) is 113 cm³/mol. The van der Waals surface area contributed by atoms with E-state index in [2.05, 4.69) is 20.9 Å². The van der Waals surface area contributed by atoms with Crippen molar-refractivity contribution >= 4 is 29.8 Å². The summed E-state index contributed by atoms with van der Waals surface area (Å²) in [4.78, 5) is 50.5. The van der Waals surface area contributed by atoms with Gasteiger partial charge in [-0.25, -0.2) is 9.59 Å². The summed E-state index contributed by atoms with van der Waals surface area (Å²) >= 11 is 0. The van der Waals surface area contributed by atoms with Crippen LogP contribution in [-0.2, 0) is 19.1 Å². The molecule has 0 rings (SSSR count). The van der Waals surface area contributed by atoms with Gasteiger partial charge in [0.25, 0.3) is 0 Å². The van der Waals surface area contributed by atoms with Gasteiger partial charge in [-0.15, -0.1) is 0 Å². The molecule has 0 bridgehead atoms. The number of hydrogen-bond donors (Lipinski definition) is 3. The van der Waals surface area contributed by atoms with Crippen LogP contribution in [0.25, 0.3) is 0 Å². The van der Waals surface area contributed by atoms with Crippen molar-refractivity contribution in [2.24, 2.45) is 4.99 Å². The zero-order chi connectivity index (χ0) is 23.4. The number of aliphatic imine (C=N–C) groups is 1.